The lowest BCUT2D eigenvalue weighted by molar-refractivity contribution is -0.269. The number of pyridine rings is 1. The monoisotopic (exact) mass is 616 g/mol. The number of esters is 4. The third-order valence-electron chi connectivity index (χ3n) is 6.93. The third kappa shape index (κ3) is 6.48. The van der Waals surface area contributed by atoms with Crippen molar-refractivity contribution >= 4 is 47.7 Å². The van der Waals surface area contributed by atoms with Crippen molar-refractivity contribution in [1.29, 1.82) is 5.26 Å². The summed E-state index contributed by atoms with van der Waals surface area (Å²) in [4.78, 5) is 48.4. The van der Waals surface area contributed by atoms with Crippen LogP contribution in [0.2, 0.25) is 5.02 Å². The van der Waals surface area contributed by atoms with Crippen LogP contribution in [0.5, 0.6) is 0 Å². The summed E-state index contributed by atoms with van der Waals surface area (Å²) in [5, 5.41) is 10.9. The Hall–Kier alpha value is -3.79. The van der Waals surface area contributed by atoms with Crippen LogP contribution < -0.4 is 0 Å². The van der Waals surface area contributed by atoms with E-state index in [2.05, 4.69) is 6.07 Å². The molecule has 1 aromatic carbocycles. The first kappa shape index (κ1) is 31.2. The molecule has 13 heteroatoms. The van der Waals surface area contributed by atoms with E-state index in [1.807, 2.05) is 12.1 Å². The summed E-state index contributed by atoms with van der Waals surface area (Å²) < 4.78 is 30.0. The molecule has 2 aliphatic rings. The number of carbonyl (C=O) groups excluding carboxylic acids is 4. The molecule has 5 atom stereocenters. The lowest BCUT2D eigenvalue weighted by atomic mass is 9.93. The van der Waals surface area contributed by atoms with Gasteiger partial charge in [-0.3, -0.25) is 19.2 Å². The fraction of sp³-hybridized carbons (Fsp3) is 0.448. The summed E-state index contributed by atoms with van der Waals surface area (Å²) in [7, 11) is 0. The number of fused-ring (bicyclic) bond motifs is 1. The molecule has 2 heterocycles. The van der Waals surface area contributed by atoms with Crippen LogP contribution >= 0.6 is 23.8 Å². The van der Waals surface area contributed by atoms with Gasteiger partial charge < -0.3 is 28.3 Å². The Morgan fingerprint density at radius 2 is 1.55 bits per heavy atom. The molecule has 1 saturated heterocycles. The van der Waals surface area contributed by atoms with Crippen LogP contribution in [0.4, 0.5) is 0 Å². The fourth-order valence-corrected chi connectivity index (χ4v) is 5.97. The Kier molecular flexibility index (Phi) is 9.66. The van der Waals surface area contributed by atoms with Crippen LogP contribution in [0.25, 0.3) is 11.1 Å². The molecule has 0 unspecified atom stereocenters. The van der Waals surface area contributed by atoms with E-state index in [0.717, 1.165) is 37.1 Å². The van der Waals surface area contributed by atoms with Gasteiger partial charge in [0.25, 0.3) is 0 Å². The zero-order chi connectivity index (χ0) is 30.7. The minimum absolute atomic E-state index is 0.101. The fourth-order valence-electron chi connectivity index (χ4n) is 5.49. The predicted molar refractivity (Wildman–Crippen MR) is 150 cm³/mol. The molecule has 0 N–H and O–H groups in total. The van der Waals surface area contributed by atoms with Gasteiger partial charge in [0.2, 0.25) is 0 Å². The smallest absolute Gasteiger partial charge is 0.303 e. The number of nitrogens with zero attached hydrogens (tertiary/aromatic N) is 2. The Balaban J connectivity index is 1.96. The molecule has 1 aliphatic heterocycles. The van der Waals surface area contributed by atoms with E-state index in [-0.39, 0.29) is 16.8 Å². The number of halogens is 1. The average Bonchev–Trinajstić information content (AvgIpc) is 3.38. The number of nitriles is 1. The Morgan fingerprint density at radius 1 is 0.952 bits per heavy atom. The molecule has 0 saturated carbocycles. The molecular formula is C29H29ClN2O9S. The van der Waals surface area contributed by atoms with Crippen molar-refractivity contribution in [2.75, 3.05) is 6.61 Å². The first-order chi connectivity index (χ1) is 19.9. The molecule has 222 valence electrons. The van der Waals surface area contributed by atoms with Crippen LogP contribution in [0, 0.1) is 16.0 Å². The van der Waals surface area contributed by atoms with Crippen molar-refractivity contribution in [3.05, 3.63) is 50.7 Å². The van der Waals surface area contributed by atoms with Gasteiger partial charge in [0.15, 0.2) is 24.5 Å². The van der Waals surface area contributed by atoms with E-state index in [1.165, 1.54) is 13.8 Å². The van der Waals surface area contributed by atoms with E-state index in [9.17, 15) is 24.4 Å². The Labute approximate surface area is 252 Å². The second-order valence-corrected chi connectivity index (χ2v) is 10.7. The van der Waals surface area contributed by atoms with Gasteiger partial charge in [0, 0.05) is 44.0 Å². The molecule has 1 aliphatic carbocycles. The maximum absolute atomic E-state index is 12.4. The van der Waals surface area contributed by atoms with Crippen LogP contribution in [0.3, 0.4) is 0 Å². The highest BCUT2D eigenvalue weighted by molar-refractivity contribution is 7.71. The number of hydrogen-bond donors (Lipinski definition) is 0. The molecule has 42 heavy (non-hydrogen) atoms. The van der Waals surface area contributed by atoms with Gasteiger partial charge in [-0.1, -0.05) is 36.0 Å². The maximum atomic E-state index is 12.4. The molecule has 1 fully saturated rings. The summed E-state index contributed by atoms with van der Waals surface area (Å²) in [5.74, 6) is -2.83. The second kappa shape index (κ2) is 13.0. The summed E-state index contributed by atoms with van der Waals surface area (Å²) in [5.41, 5.74) is 3.23. The van der Waals surface area contributed by atoms with E-state index in [0.29, 0.717) is 23.4 Å². The van der Waals surface area contributed by atoms with Crippen molar-refractivity contribution in [3.63, 3.8) is 0 Å². The standard InChI is InChI=1S/C29H29ClN2O9S/c1-14(33)37-13-23-25(38-15(2)34)26(39-16(3)35)27(40-17(4)36)28(41-23)32-22-7-5-6-20(22)24(21(12-31)29(32)42)18-8-10-19(30)11-9-18/h8-11,23,25-28H,5-7,13H2,1-4H3/t23-,25-,26+,27-,28-/m1/s1. The Morgan fingerprint density at radius 3 is 2.12 bits per heavy atom. The second-order valence-electron chi connectivity index (χ2n) is 9.91. The van der Waals surface area contributed by atoms with E-state index in [1.54, 1.807) is 16.7 Å². The van der Waals surface area contributed by atoms with Crippen molar-refractivity contribution in [2.45, 2.75) is 77.6 Å². The summed E-state index contributed by atoms with van der Waals surface area (Å²) in [6.45, 7) is 4.29. The third-order valence-corrected chi connectivity index (χ3v) is 7.58. The number of ether oxygens (including phenoxy) is 5. The van der Waals surface area contributed by atoms with E-state index >= 15 is 0 Å². The van der Waals surface area contributed by atoms with Gasteiger partial charge in [-0.05, 0) is 42.5 Å². The molecule has 11 nitrogen and oxygen atoms in total. The lowest BCUT2D eigenvalue weighted by Gasteiger charge is -2.45. The molecule has 0 radical (unpaired) electrons. The number of carbonyl (C=O) groups is 4. The molecule has 4 rings (SSSR count). The molecule has 1 aromatic heterocycles. The highest BCUT2D eigenvalue weighted by Crippen LogP contribution is 2.42. The van der Waals surface area contributed by atoms with Crippen LogP contribution in [0.15, 0.2) is 24.3 Å². The van der Waals surface area contributed by atoms with Gasteiger partial charge in [-0.2, -0.15) is 5.26 Å². The zero-order valence-corrected chi connectivity index (χ0v) is 25.0. The van der Waals surface area contributed by atoms with Gasteiger partial charge >= 0.3 is 23.9 Å². The zero-order valence-electron chi connectivity index (χ0n) is 23.4. The van der Waals surface area contributed by atoms with Crippen molar-refractivity contribution in [2.24, 2.45) is 0 Å². The van der Waals surface area contributed by atoms with E-state index in [4.69, 9.17) is 47.5 Å². The van der Waals surface area contributed by atoms with Gasteiger partial charge in [-0.15, -0.1) is 0 Å². The number of benzene rings is 1. The van der Waals surface area contributed by atoms with Crippen LogP contribution in [0.1, 0.15) is 57.2 Å². The minimum Gasteiger partial charge on any atom is -0.463 e. The first-order valence-corrected chi connectivity index (χ1v) is 14.0. The molecule has 0 spiro atoms. The van der Waals surface area contributed by atoms with Gasteiger partial charge in [0.1, 0.15) is 23.4 Å². The van der Waals surface area contributed by atoms with Gasteiger partial charge in [-0.25, -0.2) is 0 Å². The molecule has 0 amide bonds. The summed E-state index contributed by atoms with van der Waals surface area (Å²) in [6, 6.07) is 9.30. The first-order valence-electron chi connectivity index (χ1n) is 13.2. The highest BCUT2D eigenvalue weighted by atomic mass is 35.5. The number of aromatic nitrogens is 1. The molecular weight excluding hydrogens is 588 g/mol. The normalized spacial score (nSPS) is 22.8. The van der Waals surface area contributed by atoms with Crippen molar-refractivity contribution in [1.82, 2.24) is 4.57 Å². The van der Waals surface area contributed by atoms with Crippen LogP contribution in [-0.4, -0.2) is 59.5 Å². The predicted octanol–water partition coefficient (Wildman–Crippen LogP) is 4.15. The largest absolute Gasteiger partial charge is 0.463 e. The molecule has 0 bridgehead atoms. The summed E-state index contributed by atoms with van der Waals surface area (Å²) >= 11 is 12.0. The van der Waals surface area contributed by atoms with Crippen molar-refractivity contribution < 1.29 is 42.9 Å². The average molecular weight is 617 g/mol. The quantitative estimate of drug-likeness (QED) is 0.251. The molecule has 2 aromatic rings. The topological polar surface area (TPSA) is 143 Å². The van der Waals surface area contributed by atoms with Crippen molar-refractivity contribution in [3.8, 4) is 17.2 Å². The lowest BCUT2D eigenvalue weighted by Crippen LogP contribution is -2.60. The van der Waals surface area contributed by atoms with Crippen LogP contribution in [-0.2, 0) is 55.7 Å². The number of hydrogen-bond acceptors (Lipinski definition) is 11. The maximum Gasteiger partial charge on any atom is 0.303 e. The minimum atomic E-state index is -1.37. The SMILES string of the molecule is CC(=O)OC[C@H]1O[C@@H](n2c3c(c(-c4ccc(Cl)cc4)c(C#N)c2=S)CCC3)[C@H](OC(C)=O)[C@@H](OC(C)=O)[C@@H]1OC(C)=O. The van der Waals surface area contributed by atoms with E-state index < -0.39 is 54.5 Å². The number of rotatable bonds is 7. The van der Waals surface area contributed by atoms with Gasteiger partial charge in [0.05, 0.1) is 5.56 Å². The summed E-state index contributed by atoms with van der Waals surface area (Å²) in [6.07, 6.45) is -4.50. The Bertz CT molecular complexity index is 1510. The highest BCUT2D eigenvalue weighted by Gasteiger charge is 2.53.